The summed E-state index contributed by atoms with van der Waals surface area (Å²) in [4.78, 5) is 0. The Morgan fingerprint density at radius 1 is 0.759 bits per heavy atom. The van der Waals surface area contributed by atoms with Crippen molar-refractivity contribution in [3.05, 3.63) is 72.2 Å². The molecule has 0 aliphatic heterocycles. The van der Waals surface area contributed by atoms with Gasteiger partial charge in [-0.15, -0.1) is 0 Å². The molecule has 0 amide bonds. The summed E-state index contributed by atoms with van der Waals surface area (Å²) in [6.45, 7) is 24.6. The van der Waals surface area contributed by atoms with E-state index in [1.807, 2.05) is 20.8 Å². The van der Waals surface area contributed by atoms with E-state index >= 15 is 0 Å². The van der Waals surface area contributed by atoms with Gasteiger partial charge < -0.3 is 13.8 Å². The molecule has 0 saturated heterocycles. The van der Waals surface area contributed by atoms with E-state index in [4.69, 9.17) is 24.6 Å². The van der Waals surface area contributed by atoms with Gasteiger partial charge in [0.05, 0.1) is 17.1 Å². The van der Waals surface area contributed by atoms with E-state index in [1.54, 1.807) is 0 Å². The molecule has 8 nitrogen and oxygen atoms in total. The minimum atomic E-state index is -1.26. The number of rotatable bonds is 3. The normalized spacial score (nSPS) is 9.21. The van der Waals surface area contributed by atoms with Crippen LogP contribution in [-0.2, 0) is 28.7 Å². The van der Waals surface area contributed by atoms with E-state index in [-0.39, 0.29) is 0 Å². The number of aryl methyl sites for hydroxylation is 6. The molecule has 3 heterocycles. The van der Waals surface area contributed by atoms with E-state index in [0.717, 1.165) is 34.2 Å². The van der Waals surface area contributed by atoms with Crippen molar-refractivity contribution < 1.29 is 28.7 Å². The standard InChI is InChI=1S/C15H22BN6.C2H2.2CO.W/c1-10-7-13(4)20(17-10)16(21-14(5)8-11(2)18-21)22-15(6)9-12(3)19-22;3*1-2;/h7-9,16H,1-6H3;1H2;;;/q-1;;;;. The fraction of sp³-hybridized carbons (Fsp3) is 0.316. The molecule has 10 heteroatoms. The number of hydrogen-bond donors (Lipinski definition) is 0. The molecule has 3 rings (SSSR count). The Kier molecular flexibility index (Phi) is 11.8. The molecule has 0 N–H and O–H groups in total. The summed E-state index contributed by atoms with van der Waals surface area (Å²) in [5.41, 5.74) is 6.40. The predicted molar refractivity (Wildman–Crippen MR) is 107 cm³/mol. The first kappa shape index (κ1) is 26.5. The maximum atomic E-state index is 7.50. The van der Waals surface area contributed by atoms with Crippen molar-refractivity contribution in [2.75, 3.05) is 0 Å². The van der Waals surface area contributed by atoms with Crippen molar-refractivity contribution in [3.63, 3.8) is 0 Å². The molecule has 29 heavy (non-hydrogen) atoms. The molecule has 0 saturated carbocycles. The molecule has 0 fully saturated rings. The van der Waals surface area contributed by atoms with E-state index in [0.29, 0.717) is 0 Å². The Bertz CT molecular complexity index is 893. The zero-order valence-corrected chi connectivity index (χ0v) is 20.5. The van der Waals surface area contributed by atoms with Gasteiger partial charge in [0.2, 0.25) is 0 Å². The summed E-state index contributed by atoms with van der Waals surface area (Å²) in [6, 6.07) is 6.28. The topological polar surface area (TPSA) is 93.3 Å². The Hall–Kier alpha value is -2.49. The van der Waals surface area contributed by atoms with E-state index in [1.165, 1.54) is 19.4 Å². The van der Waals surface area contributed by atoms with Crippen molar-refractivity contribution in [2.45, 2.75) is 41.5 Å². The monoisotopic (exact) mass is 563 g/mol. The summed E-state index contributed by atoms with van der Waals surface area (Å²) in [5, 5.41) is 14.1. The van der Waals surface area contributed by atoms with Gasteiger partial charge >= 0.3 is 59.7 Å². The van der Waals surface area contributed by atoms with Crippen LogP contribution >= 0.6 is 0 Å². The Morgan fingerprint density at radius 3 is 1.10 bits per heavy atom. The van der Waals surface area contributed by atoms with Crippen molar-refractivity contribution in [3.8, 4) is 0 Å². The van der Waals surface area contributed by atoms with Gasteiger partial charge in [0, 0.05) is 0 Å². The minimum absolute atomic E-state index is 1.01. The Balaban J connectivity index is 0.00000100. The molecule has 3 aromatic rings. The molecule has 3 aromatic heterocycles. The maximum absolute atomic E-state index is 7.50. The number of hydrogen-bond acceptors (Lipinski definition) is 3. The van der Waals surface area contributed by atoms with Gasteiger partial charge in [-0.3, -0.25) is 0 Å². The van der Waals surface area contributed by atoms with Crippen LogP contribution in [0.2, 0.25) is 0 Å². The molecule has 0 spiro atoms. The number of aromatic nitrogens is 6. The van der Waals surface area contributed by atoms with Gasteiger partial charge in [0.25, 0.3) is 0 Å². The first-order valence-corrected chi connectivity index (χ1v) is 10.1. The SMILES string of the molecule is C=[C]=[W].Cc1cc(C)n([BH-](n2nc(C)cc2C)n2nc(C)cc2C)n1.[C-]#[O+].[C-]#[O+]. The molecule has 0 aromatic carbocycles. The van der Waals surface area contributed by atoms with Crippen LogP contribution in [0.25, 0.3) is 0 Å². The van der Waals surface area contributed by atoms with E-state index < -0.39 is 7.12 Å². The van der Waals surface area contributed by atoms with Crippen LogP contribution in [-0.4, -0.2) is 40.2 Å². The molecule has 0 bridgehead atoms. The first-order valence-electron chi connectivity index (χ1n) is 8.59. The average molecular weight is 563 g/mol. The third-order valence-electron chi connectivity index (χ3n) is 4.11. The molecule has 0 radical (unpaired) electrons. The van der Waals surface area contributed by atoms with E-state index in [2.05, 4.69) is 76.7 Å². The van der Waals surface area contributed by atoms with Crippen LogP contribution in [0.5, 0.6) is 0 Å². The van der Waals surface area contributed by atoms with Crippen LogP contribution in [0, 0.1) is 54.8 Å². The van der Waals surface area contributed by atoms with Crippen LogP contribution in [0.4, 0.5) is 0 Å². The second kappa shape index (κ2) is 12.9. The summed E-state index contributed by atoms with van der Waals surface area (Å²) < 4.78 is 23.8. The molecule has 0 unspecified atom stereocenters. The van der Waals surface area contributed by atoms with Crippen molar-refractivity contribution in [2.24, 2.45) is 0 Å². The third-order valence-corrected chi connectivity index (χ3v) is 4.11. The molecular formula is C19H24BN6O2W-. The van der Waals surface area contributed by atoms with Gasteiger partial charge in [-0.25, -0.2) is 15.3 Å². The van der Waals surface area contributed by atoms with Gasteiger partial charge in [-0.1, -0.05) is 0 Å². The van der Waals surface area contributed by atoms with E-state index in [9.17, 15) is 0 Å². The quantitative estimate of drug-likeness (QED) is 0.277. The fourth-order valence-electron chi connectivity index (χ4n) is 3.26. The molecular weight excluding hydrogens is 539 g/mol. The predicted octanol–water partition coefficient (Wildman–Crippen LogP) is 1.83. The van der Waals surface area contributed by atoms with Gasteiger partial charge in [0.15, 0.2) is 0 Å². The van der Waals surface area contributed by atoms with Crippen LogP contribution in [0.1, 0.15) is 34.2 Å². The van der Waals surface area contributed by atoms with Gasteiger partial charge in [-0.2, -0.15) is 0 Å². The molecule has 0 aliphatic carbocycles. The molecule has 0 aliphatic rings. The average Bonchev–Trinajstić information content (AvgIpc) is 3.30. The Morgan fingerprint density at radius 2 is 0.966 bits per heavy atom. The number of nitrogens with zero attached hydrogens (tertiary/aromatic N) is 6. The summed E-state index contributed by atoms with van der Waals surface area (Å²) in [5.74, 6) is 0. The van der Waals surface area contributed by atoms with Crippen molar-refractivity contribution in [1.29, 1.82) is 0 Å². The molecule has 152 valence electrons. The molecule has 0 atom stereocenters. The van der Waals surface area contributed by atoms with Gasteiger partial charge in [-0.05, 0) is 76.8 Å². The summed E-state index contributed by atoms with van der Waals surface area (Å²) >= 11 is 1.31. The second-order valence-corrected chi connectivity index (χ2v) is 7.39. The fourth-order valence-corrected chi connectivity index (χ4v) is 3.26. The van der Waals surface area contributed by atoms with Crippen molar-refractivity contribution >= 4 is 11.2 Å². The van der Waals surface area contributed by atoms with Crippen LogP contribution < -0.4 is 0 Å². The second-order valence-electron chi connectivity index (χ2n) is 6.35. The first-order chi connectivity index (χ1) is 13.8. The third kappa shape index (κ3) is 6.81. The van der Waals surface area contributed by atoms with Gasteiger partial charge in [0.1, 0.15) is 0 Å². The Labute approximate surface area is 182 Å². The van der Waals surface area contributed by atoms with Crippen molar-refractivity contribution in [1.82, 2.24) is 29.1 Å². The zero-order chi connectivity index (χ0) is 22.7. The van der Waals surface area contributed by atoms with Crippen LogP contribution in [0.3, 0.4) is 0 Å². The van der Waals surface area contributed by atoms with Crippen LogP contribution in [0.15, 0.2) is 24.8 Å². The summed E-state index contributed by atoms with van der Waals surface area (Å²) in [6.07, 6.45) is 0. The summed E-state index contributed by atoms with van der Waals surface area (Å²) in [7, 11) is -1.26. The zero-order valence-electron chi connectivity index (χ0n) is 17.6.